The Bertz CT molecular complexity index is 911. The topological polar surface area (TPSA) is 59.2 Å². The van der Waals surface area contributed by atoms with Crippen molar-refractivity contribution in [1.29, 1.82) is 0 Å². The second-order valence-corrected chi connectivity index (χ2v) is 6.66. The summed E-state index contributed by atoms with van der Waals surface area (Å²) in [4.78, 5) is 19.2. The lowest BCUT2D eigenvalue weighted by atomic mass is 10.2. The molecule has 0 spiro atoms. The molecule has 1 amide bonds. The SMILES string of the molecule is O=C(c1cccs1)N1CCC[C@H]1c1nc(-c2ccc(F)cc2F)no1. The highest BCUT2D eigenvalue weighted by molar-refractivity contribution is 7.12. The van der Waals surface area contributed by atoms with Gasteiger partial charge in [-0.1, -0.05) is 11.2 Å². The number of rotatable bonds is 3. The van der Waals surface area contributed by atoms with Crippen LogP contribution in [0.5, 0.6) is 0 Å². The molecular weight excluding hydrogens is 348 g/mol. The van der Waals surface area contributed by atoms with Crippen LogP contribution in [0.15, 0.2) is 40.2 Å². The number of halogens is 2. The van der Waals surface area contributed by atoms with Crippen molar-refractivity contribution in [3.63, 3.8) is 0 Å². The zero-order valence-corrected chi connectivity index (χ0v) is 13.8. The average molecular weight is 361 g/mol. The molecule has 1 aromatic carbocycles. The lowest BCUT2D eigenvalue weighted by Crippen LogP contribution is -2.30. The largest absolute Gasteiger partial charge is 0.337 e. The van der Waals surface area contributed by atoms with Crippen LogP contribution in [0, 0.1) is 11.6 Å². The van der Waals surface area contributed by atoms with Crippen molar-refractivity contribution in [2.45, 2.75) is 18.9 Å². The van der Waals surface area contributed by atoms with Gasteiger partial charge in [-0.25, -0.2) is 8.78 Å². The number of aromatic nitrogens is 2. The highest BCUT2D eigenvalue weighted by Crippen LogP contribution is 2.34. The molecule has 0 radical (unpaired) electrons. The van der Waals surface area contributed by atoms with Crippen LogP contribution in [0.3, 0.4) is 0 Å². The van der Waals surface area contributed by atoms with Gasteiger partial charge in [-0.3, -0.25) is 4.79 Å². The second kappa shape index (κ2) is 6.36. The first-order valence-electron chi connectivity index (χ1n) is 7.77. The van der Waals surface area contributed by atoms with E-state index in [1.54, 1.807) is 11.0 Å². The van der Waals surface area contributed by atoms with Crippen LogP contribution in [0.1, 0.15) is 34.4 Å². The Balaban J connectivity index is 1.62. The van der Waals surface area contributed by atoms with E-state index in [0.717, 1.165) is 18.6 Å². The van der Waals surface area contributed by atoms with Gasteiger partial charge < -0.3 is 9.42 Å². The Morgan fingerprint density at radius 2 is 2.20 bits per heavy atom. The summed E-state index contributed by atoms with van der Waals surface area (Å²) < 4.78 is 32.2. The summed E-state index contributed by atoms with van der Waals surface area (Å²) in [5.41, 5.74) is 0.0607. The van der Waals surface area contributed by atoms with Crippen LogP contribution < -0.4 is 0 Å². The number of hydrogen-bond acceptors (Lipinski definition) is 5. The number of nitrogens with zero attached hydrogens (tertiary/aromatic N) is 3. The van der Waals surface area contributed by atoms with Crippen molar-refractivity contribution < 1.29 is 18.1 Å². The molecule has 0 aliphatic carbocycles. The van der Waals surface area contributed by atoms with Gasteiger partial charge in [-0.15, -0.1) is 11.3 Å². The number of amides is 1. The van der Waals surface area contributed by atoms with E-state index >= 15 is 0 Å². The monoisotopic (exact) mass is 361 g/mol. The number of carbonyl (C=O) groups is 1. The third kappa shape index (κ3) is 2.93. The Hall–Kier alpha value is -2.61. The molecule has 2 aromatic heterocycles. The molecule has 1 aliphatic rings. The number of benzene rings is 1. The molecule has 1 aliphatic heterocycles. The molecule has 1 saturated heterocycles. The molecule has 0 saturated carbocycles. The molecule has 0 N–H and O–H groups in total. The molecule has 1 atom stereocenters. The van der Waals surface area contributed by atoms with E-state index < -0.39 is 11.6 Å². The Labute approximate surface area is 145 Å². The molecule has 5 nitrogen and oxygen atoms in total. The standard InChI is InChI=1S/C17H13F2N3O2S/c18-10-5-6-11(12(19)9-10)15-20-16(24-21-15)13-3-1-7-22(13)17(23)14-4-2-8-25-14/h2,4-6,8-9,13H,1,3,7H2/t13-/m0/s1. The summed E-state index contributed by atoms with van der Waals surface area (Å²) >= 11 is 1.38. The summed E-state index contributed by atoms with van der Waals surface area (Å²) in [5.74, 6) is -1.20. The van der Waals surface area contributed by atoms with Crippen LogP contribution in [0.2, 0.25) is 0 Å². The van der Waals surface area contributed by atoms with E-state index in [4.69, 9.17) is 4.52 Å². The maximum absolute atomic E-state index is 13.9. The molecular formula is C17H13F2N3O2S. The number of likely N-dealkylation sites (tertiary alicyclic amines) is 1. The molecule has 1 fully saturated rings. The minimum Gasteiger partial charge on any atom is -0.337 e. The minimum atomic E-state index is -0.759. The molecule has 8 heteroatoms. The van der Waals surface area contributed by atoms with E-state index in [1.807, 2.05) is 11.4 Å². The number of carbonyl (C=O) groups excluding carboxylic acids is 1. The number of thiophene rings is 1. The van der Waals surface area contributed by atoms with Gasteiger partial charge in [0.15, 0.2) is 0 Å². The van der Waals surface area contributed by atoms with E-state index in [1.165, 1.54) is 17.4 Å². The molecule has 3 heterocycles. The van der Waals surface area contributed by atoms with Crippen molar-refractivity contribution in [3.8, 4) is 11.4 Å². The summed E-state index contributed by atoms with van der Waals surface area (Å²) in [6.07, 6.45) is 1.52. The molecule has 4 rings (SSSR count). The van der Waals surface area contributed by atoms with Gasteiger partial charge in [0.05, 0.1) is 10.4 Å². The fourth-order valence-corrected chi connectivity index (χ4v) is 3.64. The first-order valence-corrected chi connectivity index (χ1v) is 8.65. The van der Waals surface area contributed by atoms with Gasteiger partial charge in [0.2, 0.25) is 11.7 Å². The van der Waals surface area contributed by atoms with E-state index in [9.17, 15) is 13.6 Å². The van der Waals surface area contributed by atoms with Crippen molar-refractivity contribution in [1.82, 2.24) is 15.0 Å². The zero-order valence-electron chi connectivity index (χ0n) is 13.0. The van der Waals surface area contributed by atoms with Crippen LogP contribution in [-0.2, 0) is 0 Å². The van der Waals surface area contributed by atoms with Gasteiger partial charge in [-0.2, -0.15) is 4.98 Å². The fourth-order valence-electron chi connectivity index (χ4n) is 2.96. The predicted molar refractivity (Wildman–Crippen MR) is 87.0 cm³/mol. The lowest BCUT2D eigenvalue weighted by Gasteiger charge is -2.20. The maximum Gasteiger partial charge on any atom is 0.264 e. The fraction of sp³-hybridized carbons (Fsp3) is 0.235. The summed E-state index contributed by atoms with van der Waals surface area (Å²) in [6, 6.07) is 6.44. The summed E-state index contributed by atoms with van der Waals surface area (Å²) in [5, 5.41) is 5.64. The van der Waals surface area contributed by atoms with E-state index in [2.05, 4.69) is 10.1 Å². The quantitative estimate of drug-likeness (QED) is 0.706. The normalized spacial score (nSPS) is 17.2. The average Bonchev–Trinajstić information content (AvgIpc) is 3.34. The van der Waals surface area contributed by atoms with E-state index in [-0.39, 0.29) is 29.2 Å². The van der Waals surface area contributed by atoms with Crippen LogP contribution >= 0.6 is 11.3 Å². The summed E-state index contributed by atoms with van der Waals surface area (Å²) in [7, 11) is 0. The van der Waals surface area contributed by atoms with Gasteiger partial charge >= 0.3 is 0 Å². The summed E-state index contributed by atoms with van der Waals surface area (Å²) in [6.45, 7) is 0.601. The Kier molecular flexibility index (Phi) is 4.04. The Morgan fingerprint density at radius 3 is 2.96 bits per heavy atom. The van der Waals surface area contributed by atoms with Crippen molar-refractivity contribution in [2.75, 3.05) is 6.54 Å². The third-order valence-electron chi connectivity index (χ3n) is 4.14. The smallest absolute Gasteiger partial charge is 0.264 e. The van der Waals surface area contributed by atoms with Crippen LogP contribution in [0.25, 0.3) is 11.4 Å². The highest BCUT2D eigenvalue weighted by Gasteiger charge is 2.35. The molecule has 0 unspecified atom stereocenters. The van der Waals surface area contributed by atoms with E-state index in [0.29, 0.717) is 17.8 Å². The molecule has 25 heavy (non-hydrogen) atoms. The first kappa shape index (κ1) is 15.9. The Morgan fingerprint density at radius 1 is 1.32 bits per heavy atom. The maximum atomic E-state index is 13.9. The van der Waals surface area contributed by atoms with Crippen molar-refractivity contribution in [3.05, 3.63) is 58.1 Å². The molecule has 3 aromatic rings. The highest BCUT2D eigenvalue weighted by atomic mass is 32.1. The van der Waals surface area contributed by atoms with Gasteiger partial charge in [0.25, 0.3) is 5.91 Å². The molecule has 128 valence electrons. The van der Waals surface area contributed by atoms with Crippen LogP contribution in [0.4, 0.5) is 8.78 Å². The zero-order chi connectivity index (χ0) is 17.4. The van der Waals surface area contributed by atoms with Crippen molar-refractivity contribution in [2.24, 2.45) is 0 Å². The van der Waals surface area contributed by atoms with Crippen molar-refractivity contribution >= 4 is 17.2 Å². The number of hydrogen-bond donors (Lipinski definition) is 0. The minimum absolute atomic E-state index is 0.0444. The third-order valence-corrected chi connectivity index (χ3v) is 5.00. The second-order valence-electron chi connectivity index (χ2n) is 5.71. The lowest BCUT2D eigenvalue weighted by molar-refractivity contribution is 0.0715. The van der Waals surface area contributed by atoms with Crippen LogP contribution in [-0.4, -0.2) is 27.5 Å². The van der Waals surface area contributed by atoms with Gasteiger partial charge in [-0.05, 0) is 36.4 Å². The van der Waals surface area contributed by atoms with Gasteiger partial charge in [0, 0.05) is 12.6 Å². The van der Waals surface area contributed by atoms with Gasteiger partial charge in [0.1, 0.15) is 17.7 Å². The first-order chi connectivity index (χ1) is 12.1. The molecule has 0 bridgehead atoms. The predicted octanol–water partition coefficient (Wildman–Crippen LogP) is 4.05.